The van der Waals surface area contributed by atoms with Gasteiger partial charge in [0.05, 0.1) is 37.4 Å². The van der Waals surface area contributed by atoms with Gasteiger partial charge in [-0.3, -0.25) is 0 Å². The van der Waals surface area contributed by atoms with Crippen molar-refractivity contribution in [1.29, 1.82) is 0 Å². The van der Waals surface area contributed by atoms with Gasteiger partial charge < -0.3 is 13.7 Å². The van der Waals surface area contributed by atoms with Crippen LogP contribution < -0.4 is 4.74 Å². The van der Waals surface area contributed by atoms with E-state index in [2.05, 4.69) is 130 Å². The van der Waals surface area contributed by atoms with Crippen LogP contribution in [-0.4, -0.2) is 8.97 Å². The third kappa shape index (κ3) is 2.75. The molecule has 3 nitrogen and oxygen atoms in total. The van der Waals surface area contributed by atoms with E-state index in [1.165, 1.54) is 70.7 Å². The SMILES string of the molecule is c1ccc2c(c1)Oc1ccc(-n3c4ccccc4c4c5ccccc5c5c6cccc7c8ccccc8n(c76)c5c43)cc1S2. The summed E-state index contributed by atoms with van der Waals surface area (Å²) in [6.07, 6.45) is 0. The van der Waals surface area contributed by atoms with Gasteiger partial charge in [-0.1, -0.05) is 103 Å². The molecule has 3 aromatic heterocycles. The van der Waals surface area contributed by atoms with E-state index in [-0.39, 0.29) is 0 Å². The minimum atomic E-state index is 0.902. The largest absolute Gasteiger partial charge is 0.455 e. The molecule has 10 aromatic rings. The molecule has 0 N–H and O–H groups in total. The predicted octanol–water partition coefficient (Wildman–Crippen LogP) is 11.3. The Morgan fingerprint density at radius 2 is 1.07 bits per heavy atom. The molecule has 4 heterocycles. The van der Waals surface area contributed by atoms with E-state index < -0.39 is 0 Å². The van der Waals surface area contributed by atoms with Crippen LogP contribution in [0.15, 0.2) is 143 Å². The van der Waals surface area contributed by atoms with Crippen molar-refractivity contribution in [3.63, 3.8) is 0 Å². The average molecular weight is 579 g/mol. The number of hydrogen-bond acceptors (Lipinski definition) is 2. The smallest absolute Gasteiger partial charge is 0.141 e. The van der Waals surface area contributed by atoms with Crippen molar-refractivity contribution in [2.45, 2.75) is 9.79 Å². The van der Waals surface area contributed by atoms with E-state index in [1.807, 2.05) is 12.1 Å². The number of fused-ring (bicyclic) bond motifs is 15. The van der Waals surface area contributed by atoms with Gasteiger partial charge in [-0.2, -0.15) is 0 Å². The van der Waals surface area contributed by atoms with Crippen molar-refractivity contribution in [2.75, 3.05) is 0 Å². The molecule has 0 saturated carbocycles. The third-order valence-electron chi connectivity index (χ3n) is 9.46. The van der Waals surface area contributed by atoms with Gasteiger partial charge in [0.25, 0.3) is 0 Å². The van der Waals surface area contributed by atoms with Crippen molar-refractivity contribution in [3.05, 3.63) is 133 Å². The third-order valence-corrected chi connectivity index (χ3v) is 10.6. The highest BCUT2D eigenvalue weighted by Crippen LogP contribution is 2.50. The van der Waals surface area contributed by atoms with Crippen LogP contribution in [-0.2, 0) is 0 Å². The second-order valence-corrected chi connectivity index (χ2v) is 12.8. The Kier molecular flexibility index (Phi) is 4.26. The second kappa shape index (κ2) is 8.13. The lowest BCUT2D eigenvalue weighted by Gasteiger charge is -2.20. The average Bonchev–Trinajstić information content (AvgIpc) is 3.73. The molecule has 44 heavy (non-hydrogen) atoms. The van der Waals surface area contributed by atoms with Gasteiger partial charge in [-0.25, -0.2) is 0 Å². The van der Waals surface area contributed by atoms with Crippen LogP contribution in [0.3, 0.4) is 0 Å². The van der Waals surface area contributed by atoms with Crippen molar-refractivity contribution in [1.82, 2.24) is 8.97 Å². The minimum Gasteiger partial charge on any atom is -0.455 e. The Balaban J connectivity index is 1.38. The molecular formula is C40H22N2OS. The molecule has 0 saturated heterocycles. The van der Waals surface area contributed by atoms with Crippen molar-refractivity contribution < 1.29 is 4.74 Å². The Labute approximate surface area is 255 Å². The summed E-state index contributed by atoms with van der Waals surface area (Å²) in [6, 6.07) is 48.4. The van der Waals surface area contributed by atoms with E-state index in [4.69, 9.17) is 4.74 Å². The van der Waals surface area contributed by atoms with E-state index in [1.54, 1.807) is 11.8 Å². The maximum Gasteiger partial charge on any atom is 0.141 e. The zero-order valence-electron chi connectivity index (χ0n) is 23.4. The maximum absolute atomic E-state index is 6.34. The summed E-state index contributed by atoms with van der Waals surface area (Å²) in [7, 11) is 0. The highest BCUT2D eigenvalue weighted by Gasteiger charge is 2.26. The van der Waals surface area contributed by atoms with Gasteiger partial charge in [-0.05, 0) is 53.2 Å². The fraction of sp³-hybridized carbons (Fsp3) is 0. The van der Waals surface area contributed by atoms with Crippen molar-refractivity contribution in [3.8, 4) is 17.2 Å². The Hall–Kier alpha value is -5.45. The van der Waals surface area contributed by atoms with Crippen molar-refractivity contribution in [2.24, 2.45) is 0 Å². The summed E-state index contributed by atoms with van der Waals surface area (Å²) in [4.78, 5) is 2.27. The molecule has 1 aliphatic heterocycles. The van der Waals surface area contributed by atoms with Crippen molar-refractivity contribution >= 4 is 82.4 Å². The summed E-state index contributed by atoms with van der Waals surface area (Å²) in [5.41, 5.74) is 7.37. The van der Waals surface area contributed by atoms with Gasteiger partial charge in [0.2, 0.25) is 0 Å². The Morgan fingerprint density at radius 3 is 1.93 bits per heavy atom. The quantitative estimate of drug-likeness (QED) is 0.193. The topological polar surface area (TPSA) is 18.6 Å². The number of para-hydroxylation sites is 4. The molecule has 0 aliphatic carbocycles. The lowest BCUT2D eigenvalue weighted by atomic mass is 9.98. The molecule has 7 aromatic carbocycles. The number of nitrogens with zero attached hydrogens (tertiary/aromatic N) is 2. The standard InChI is InChI=1S/C40H22N2OS/c1-2-12-26-25(11-1)36-28-13-4-6-17-31(28)41(23-20-21-33-35(22-23)44-34-19-8-7-18-32(34)43-33)39(36)40-37(26)29-15-9-14-27-24-10-3-5-16-30(24)42(40)38(27)29/h1-22H. The summed E-state index contributed by atoms with van der Waals surface area (Å²) >= 11 is 1.78. The fourth-order valence-corrected chi connectivity index (χ4v) is 8.75. The van der Waals surface area contributed by atoms with E-state index in [9.17, 15) is 0 Å². The molecular weight excluding hydrogens is 557 g/mol. The first-order valence-corrected chi connectivity index (χ1v) is 15.8. The summed E-state index contributed by atoms with van der Waals surface area (Å²) in [6.45, 7) is 0. The molecule has 204 valence electrons. The first-order chi connectivity index (χ1) is 21.8. The lowest BCUT2D eigenvalue weighted by molar-refractivity contribution is 0.454. The van der Waals surface area contributed by atoms with E-state index in [0.717, 1.165) is 27.0 Å². The summed E-state index contributed by atoms with van der Waals surface area (Å²) in [5, 5.41) is 10.3. The van der Waals surface area contributed by atoms with Gasteiger partial charge in [-0.15, -0.1) is 0 Å². The monoisotopic (exact) mass is 578 g/mol. The summed E-state index contributed by atoms with van der Waals surface area (Å²) < 4.78 is 11.4. The summed E-state index contributed by atoms with van der Waals surface area (Å²) in [5.74, 6) is 1.82. The van der Waals surface area contributed by atoms with E-state index in [0.29, 0.717) is 0 Å². The number of benzene rings is 7. The maximum atomic E-state index is 6.34. The number of aromatic nitrogens is 2. The molecule has 0 radical (unpaired) electrons. The van der Waals surface area contributed by atoms with Crippen LogP contribution in [0.25, 0.3) is 76.4 Å². The molecule has 4 heteroatoms. The Morgan fingerprint density at radius 1 is 0.432 bits per heavy atom. The number of hydrogen-bond donors (Lipinski definition) is 0. The van der Waals surface area contributed by atoms with Crippen LogP contribution >= 0.6 is 11.8 Å². The van der Waals surface area contributed by atoms with Gasteiger partial charge in [0.1, 0.15) is 11.5 Å². The van der Waals surface area contributed by atoms with Crippen LogP contribution in [0.1, 0.15) is 0 Å². The zero-order chi connectivity index (χ0) is 28.5. The Bertz CT molecular complexity index is 2830. The first kappa shape index (κ1) is 23.1. The van der Waals surface area contributed by atoms with Crippen LogP contribution in [0.2, 0.25) is 0 Å². The van der Waals surface area contributed by atoms with Crippen LogP contribution in [0, 0.1) is 0 Å². The molecule has 11 rings (SSSR count). The number of ether oxygens (including phenoxy) is 1. The highest BCUT2D eigenvalue weighted by atomic mass is 32.2. The predicted molar refractivity (Wildman–Crippen MR) is 184 cm³/mol. The second-order valence-electron chi connectivity index (χ2n) is 11.7. The molecule has 0 bridgehead atoms. The lowest BCUT2D eigenvalue weighted by Crippen LogP contribution is -1.99. The highest BCUT2D eigenvalue weighted by molar-refractivity contribution is 7.99. The van der Waals surface area contributed by atoms with Gasteiger partial charge in [0.15, 0.2) is 0 Å². The molecule has 0 amide bonds. The van der Waals surface area contributed by atoms with Crippen LogP contribution in [0.4, 0.5) is 0 Å². The number of rotatable bonds is 1. The van der Waals surface area contributed by atoms with Gasteiger partial charge in [0, 0.05) is 38.0 Å². The molecule has 0 spiro atoms. The molecule has 0 atom stereocenters. The molecule has 0 unspecified atom stereocenters. The van der Waals surface area contributed by atoms with Crippen LogP contribution in [0.5, 0.6) is 11.5 Å². The normalized spacial score (nSPS) is 13.1. The first-order valence-electron chi connectivity index (χ1n) is 14.9. The van der Waals surface area contributed by atoms with Gasteiger partial charge >= 0.3 is 0 Å². The molecule has 0 fully saturated rings. The minimum absolute atomic E-state index is 0.902. The zero-order valence-corrected chi connectivity index (χ0v) is 24.2. The fourth-order valence-electron chi connectivity index (χ4n) is 7.77. The molecule has 1 aliphatic rings. The van der Waals surface area contributed by atoms with E-state index >= 15 is 0 Å².